The molecule has 2 saturated heterocycles. The average Bonchev–Trinajstić information content (AvgIpc) is 2.63. The predicted octanol–water partition coefficient (Wildman–Crippen LogP) is 1.08. The van der Waals surface area contributed by atoms with Crippen molar-refractivity contribution in [2.24, 2.45) is 5.92 Å². The summed E-state index contributed by atoms with van der Waals surface area (Å²) in [5, 5.41) is 3.52. The quantitative estimate of drug-likeness (QED) is 0.664. The van der Waals surface area contributed by atoms with Gasteiger partial charge in [-0.1, -0.05) is 0 Å². The monoisotopic (exact) mass is 168 g/mol. The molecule has 2 rings (SSSR count). The van der Waals surface area contributed by atoms with E-state index in [1.807, 2.05) is 0 Å². The van der Waals surface area contributed by atoms with E-state index in [1.54, 1.807) is 0 Å². The second-order valence-electron chi connectivity index (χ2n) is 4.42. The summed E-state index contributed by atoms with van der Waals surface area (Å²) in [6, 6.07) is 0.762. The molecule has 12 heavy (non-hydrogen) atoms. The maximum absolute atomic E-state index is 3.52. The highest BCUT2D eigenvalue weighted by molar-refractivity contribution is 4.81. The smallest absolute Gasteiger partial charge is 0.00424 e. The Balaban J connectivity index is 1.72. The van der Waals surface area contributed by atoms with Gasteiger partial charge in [0.15, 0.2) is 0 Å². The SMILES string of the molecule is CC1CC(CN2CCCC2)CN1. The molecule has 0 aliphatic carbocycles. The van der Waals surface area contributed by atoms with Crippen LogP contribution in [0.2, 0.25) is 0 Å². The van der Waals surface area contributed by atoms with E-state index in [-0.39, 0.29) is 0 Å². The van der Waals surface area contributed by atoms with E-state index in [2.05, 4.69) is 17.1 Å². The fraction of sp³-hybridized carbons (Fsp3) is 1.00. The summed E-state index contributed by atoms with van der Waals surface area (Å²) in [5.74, 6) is 0.929. The van der Waals surface area contributed by atoms with Gasteiger partial charge >= 0.3 is 0 Å². The minimum atomic E-state index is 0.762. The van der Waals surface area contributed by atoms with Crippen molar-refractivity contribution in [1.29, 1.82) is 0 Å². The van der Waals surface area contributed by atoms with Crippen LogP contribution in [0, 0.1) is 5.92 Å². The van der Waals surface area contributed by atoms with Crippen molar-refractivity contribution in [3.63, 3.8) is 0 Å². The van der Waals surface area contributed by atoms with E-state index in [4.69, 9.17) is 0 Å². The van der Waals surface area contributed by atoms with Gasteiger partial charge in [0, 0.05) is 12.6 Å². The molecule has 0 spiro atoms. The first-order valence-corrected chi connectivity index (χ1v) is 5.30. The van der Waals surface area contributed by atoms with Gasteiger partial charge in [0.1, 0.15) is 0 Å². The number of likely N-dealkylation sites (tertiary alicyclic amines) is 1. The Morgan fingerprint density at radius 2 is 2.08 bits per heavy atom. The van der Waals surface area contributed by atoms with E-state index >= 15 is 0 Å². The van der Waals surface area contributed by atoms with Crippen LogP contribution in [-0.4, -0.2) is 37.1 Å². The topological polar surface area (TPSA) is 15.3 Å². The molecule has 2 heteroatoms. The van der Waals surface area contributed by atoms with Gasteiger partial charge in [-0.3, -0.25) is 0 Å². The Morgan fingerprint density at radius 3 is 2.67 bits per heavy atom. The van der Waals surface area contributed by atoms with Gasteiger partial charge in [-0.2, -0.15) is 0 Å². The second-order valence-corrected chi connectivity index (χ2v) is 4.42. The molecule has 0 aromatic rings. The molecular formula is C10H20N2. The minimum absolute atomic E-state index is 0.762. The van der Waals surface area contributed by atoms with E-state index < -0.39 is 0 Å². The lowest BCUT2D eigenvalue weighted by atomic mass is 10.1. The van der Waals surface area contributed by atoms with Gasteiger partial charge < -0.3 is 10.2 Å². The van der Waals surface area contributed by atoms with Crippen LogP contribution in [0.4, 0.5) is 0 Å². The summed E-state index contributed by atoms with van der Waals surface area (Å²) in [5.41, 5.74) is 0. The molecule has 2 nitrogen and oxygen atoms in total. The Kier molecular flexibility index (Phi) is 2.66. The number of hydrogen-bond donors (Lipinski definition) is 1. The van der Waals surface area contributed by atoms with Crippen molar-refractivity contribution in [2.75, 3.05) is 26.2 Å². The molecule has 0 aromatic heterocycles. The standard InChI is InChI=1S/C10H20N2/c1-9-6-10(7-11-9)8-12-4-2-3-5-12/h9-11H,2-8H2,1H3. The van der Waals surface area contributed by atoms with Crippen LogP contribution in [-0.2, 0) is 0 Å². The lowest BCUT2D eigenvalue weighted by molar-refractivity contribution is 0.286. The number of rotatable bonds is 2. The Morgan fingerprint density at radius 1 is 1.33 bits per heavy atom. The maximum Gasteiger partial charge on any atom is 0.00424 e. The van der Waals surface area contributed by atoms with E-state index in [1.165, 1.54) is 45.4 Å². The summed E-state index contributed by atoms with van der Waals surface area (Å²) in [6.45, 7) is 7.59. The van der Waals surface area contributed by atoms with Gasteiger partial charge in [-0.15, -0.1) is 0 Å². The largest absolute Gasteiger partial charge is 0.314 e. The van der Waals surface area contributed by atoms with Crippen LogP contribution >= 0.6 is 0 Å². The molecule has 2 aliphatic heterocycles. The lowest BCUT2D eigenvalue weighted by Crippen LogP contribution is -2.27. The zero-order valence-electron chi connectivity index (χ0n) is 8.05. The third-order valence-electron chi connectivity index (χ3n) is 3.16. The van der Waals surface area contributed by atoms with Crippen molar-refractivity contribution in [3.8, 4) is 0 Å². The third kappa shape index (κ3) is 1.99. The highest BCUT2D eigenvalue weighted by Crippen LogP contribution is 2.17. The fourth-order valence-corrected chi connectivity index (χ4v) is 2.50. The highest BCUT2D eigenvalue weighted by Gasteiger charge is 2.23. The summed E-state index contributed by atoms with van der Waals surface area (Å²) in [7, 11) is 0. The summed E-state index contributed by atoms with van der Waals surface area (Å²) in [6.07, 6.45) is 4.24. The first-order chi connectivity index (χ1) is 5.84. The summed E-state index contributed by atoms with van der Waals surface area (Å²) >= 11 is 0. The van der Waals surface area contributed by atoms with Crippen molar-refractivity contribution in [2.45, 2.75) is 32.2 Å². The number of nitrogens with one attached hydrogen (secondary N) is 1. The average molecular weight is 168 g/mol. The van der Waals surface area contributed by atoms with Crippen LogP contribution in [0.5, 0.6) is 0 Å². The molecular weight excluding hydrogens is 148 g/mol. The van der Waals surface area contributed by atoms with Gasteiger partial charge in [0.05, 0.1) is 0 Å². The van der Waals surface area contributed by atoms with Crippen LogP contribution in [0.1, 0.15) is 26.2 Å². The van der Waals surface area contributed by atoms with Crippen molar-refractivity contribution in [3.05, 3.63) is 0 Å². The summed E-state index contributed by atoms with van der Waals surface area (Å²) in [4.78, 5) is 2.63. The number of nitrogens with zero attached hydrogens (tertiary/aromatic N) is 1. The molecule has 2 unspecified atom stereocenters. The molecule has 2 heterocycles. The van der Waals surface area contributed by atoms with Crippen molar-refractivity contribution >= 4 is 0 Å². The van der Waals surface area contributed by atoms with Gasteiger partial charge in [0.2, 0.25) is 0 Å². The first-order valence-electron chi connectivity index (χ1n) is 5.30. The molecule has 1 N–H and O–H groups in total. The van der Waals surface area contributed by atoms with Crippen molar-refractivity contribution in [1.82, 2.24) is 10.2 Å². The maximum atomic E-state index is 3.52. The Labute approximate surface area is 75.3 Å². The normalized spacial score (nSPS) is 37.8. The molecule has 70 valence electrons. The molecule has 0 saturated carbocycles. The lowest BCUT2D eigenvalue weighted by Gasteiger charge is -2.18. The highest BCUT2D eigenvalue weighted by atomic mass is 15.1. The van der Waals surface area contributed by atoms with Gasteiger partial charge in [0.25, 0.3) is 0 Å². The van der Waals surface area contributed by atoms with E-state index in [9.17, 15) is 0 Å². The van der Waals surface area contributed by atoms with Crippen LogP contribution in [0.15, 0.2) is 0 Å². The van der Waals surface area contributed by atoms with Crippen molar-refractivity contribution < 1.29 is 0 Å². The Hall–Kier alpha value is -0.0800. The van der Waals surface area contributed by atoms with Crippen LogP contribution in [0.25, 0.3) is 0 Å². The molecule has 0 aromatic carbocycles. The molecule has 2 atom stereocenters. The first kappa shape index (κ1) is 8.52. The molecule has 2 fully saturated rings. The molecule has 0 radical (unpaired) electrons. The summed E-state index contributed by atoms with van der Waals surface area (Å²) < 4.78 is 0. The van der Waals surface area contributed by atoms with Crippen LogP contribution < -0.4 is 5.32 Å². The second kappa shape index (κ2) is 3.75. The van der Waals surface area contributed by atoms with E-state index in [0.29, 0.717) is 0 Å². The zero-order chi connectivity index (χ0) is 8.39. The van der Waals surface area contributed by atoms with E-state index in [0.717, 1.165) is 12.0 Å². The Bertz CT molecular complexity index is 141. The third-order valence-corrected chi connectivity index (χ3v) is 3.16. The predicted molar refractivity (Wildman–Crippen MR) is 51.2 cm³/mol. The van der Waals surface area contributed by atoms with Crippen LogP contribution in [0.3, 0.4) is 0 Å². The van der Waals surface area contributed by atoms with Gasteiger partial charge in [-0.05, 0) is 51.7 Å². The molecule has 0 amide bonds. The zero-order valence-corrected chi connectivity index (χ0v) is 8.05. The minimum Gasteiger partial charge on any atom is -0.314 e. The van der Waals surface area contributed by atoms with Gasteiger partial charge in [-0.25, -0.2) is 0 Å². The number of hydrogen-bond acceptors (Lipinski definition) is 2. The molecule has 0 bridgehead atoms. The molecule has 2 aliphatic rings. The fourth-order valence-electron chi connectivity index (χ4n) is 2.50.